The maximum atomic E-state index is 12.2. The SMILES string of the molecule is C[C@H](O)[C@H](C#N)c1ccc(CC2C=c3ccccc3=NC2=O)cc1. The molecule has 0 saturated heterocycles. The molecule has 4 heteroatoms. The lowest BCUT2D eigenvalue weighted by Crippen LogP contribution is -2.34. The molecule has 2 aromatic rings. The van der Waals surface area contributed by atoms with Gasteiger partial charge in [-0.05, 0) is 35.8 Å². The number of carbonyl (C=O) groups is 1. The van der Waals surface area contributed by atoms with Gasteiger partial charge in [0.15, 0.2) is 0 Å². The van der Waals surface area contributed by atoms with E-state index in [1.807, 2.05) is 54.6 Å². The number of hydrogen-bond acceptors (Lipinski definition) is 3. The van der Waals surface area contributed by atoms with Crippen LogP contribution in [0.3, 0.4) is 0 Å². The fraction of sp³-hybridized carbons (Fsp3) is 0.250. The Labute approximate surface area is 140 Å². The number of amides is 1. The van der Waals surface area contributed by atoms with Crippen LogP contribution in [0.25, 0.3) is 6.08 Å². The number of benzene rings is 2. The molecule has 0 aromatic heterocycles. The van der Waals surface area contributed by atoms with Crippen molar-refractivity contribution in [3.05, 3.63) is 70.2 Å². The van der Waals surface area contributed by atoms with Crippen LogP contribution in [-0.4, -0.2) is 17.1 Å². The van der Waals surface area contributed by atoms with Gasteiger partial charge in [0.25, 0.3) is 5.91 Å². The number of hydrogen-bond donors (Lipinski definition) is 1. The van der Waals surface area contributed by atoms with E-state index < -0.39 is 12.0 Å². The van der Waals surface area contributed by atoms with Crippen molar-refractivity contribution in [2.75, 3.05) is 0 Å². The maximum Gasteiger partial charge on any atom is 0.253 e. The Morgan fingerprint density at radius 1 is 1.21 bits per heavy atom. The summed E-state index contributed by atoms with van der Waals surface area (Å²) in [6.45, 7) is 1.61. The number of nitriles is 1. The minimum atomic E-state index is -0.718. The zero-order chi connectivity index (χ0) is 17.1. The van der Waals surface area contributed by atoms with Gasteiger partial charge < -0.3 is 5.11 Å². The summed E-state index contributed by atoms with van der Waals surface area (Å²) < 4.78 is 0. The van der Waals surface area contributed by atoms with E-state index in [1.54, 1.807) is 6.92 Å². The number of para-hydroxylation sites is 1. The van der Waals surface area contributed by atoms with Gasteiger partial charge in [0, 0.05) is 0 Å². The molecule has 3 atom stereocenters. The molecule has 1 unspecified atom stereocenters. The van der Waals surface area contributed by atoms with E-state index in [-0.39, 0.29) is 11.8 Å². The average molecular weight is 318 g/mol. The summed E-state index contributed by atoms with van der Waals surface area (Å²) in [4.78, 5) is 16.4. The summed E-state index contributed by atoms with van der Waals surface area (Å²) in [7, 11) is 0. The topological polar surface area (TPSA) is 73.4 Å². The molecule has 0 bridgehead atoms. The number of aliphatic hydroxyl groups is 1. The monoisotopic (exact) mass is 318 g/mol. The predicted molar refractivity (Wildman–Crippen MR) is 90.4 cm³/mol. The largest absolute Gasteiger partial charge is 0.392 e. The van der Waals surface area contributed by atoms with Crippen LogP contribution in [-0.2, 0) is 11.2 Å². The fourth-order valence-corrected chi connectivity index (χ4v) is 2.94. The molecule has 1 N–H and O–H groups in total. The second kappa shape index (κ2) is 6.77. The summed E-state index contributed by atoms with van der Waals surface area (Å²) in [6, 6.07) is 17.2. The van der Waals surface area contributed by atoms with Crippen LogP contribution >= 0.6 is 0 Å². The van der Waals surface area contributed by atoms with Crippen molar-refractivity contribution in [1.82, 2.24) is 0 Å². The quantitative estimate of drug-likeness (QED) is 0.928. The highest BCUT2D eigenvalue weighted by molar-refractivity contribution is 5.86. The lowest BCUT2D eigenvalue weighted by Gasteiger charge is -2.15. The fourth-order valence-electron chi connectivity index (χ4n) is 2.94. The molecule has 120 valence electrons. The molecule has 0 aliphatic carbocycles. The number of nitrogens with zero attached hydrogens (tertiary/aromatic N) is 2. The first-order valence-electron chi connectivity index (χ1n) is 7.94. The van der Waals surface area contributed by atoms with Crippen molar-refractivity contribution in [2.45, 2.75) is 25.4 Å². The van der Waals surface area contributed by atoms with Crippen LogP contribution in [0.2, 0.25) is 0 Å². The van der Waals surface area contributed by atoms with Crippen LogP contribution < -0.4 is 10.6 Å². The number of carbonyl (C=O) groups excluding carboxylic acids is 1. The minimum absolute atomic E-state index is 0.128. The average Bonchev–Trinajstić information content (AvgIpc) is 2.57. The molecule has 2 aromatic carbocycles. The molecule has 1 amide bonds. The van der Waals surface area contributed by atoms with Crippen LogP contribution in [0.4, 0.5) is 0 Å². The molecule has 0 radical (unpaired) electrons. The van der Waals surface area contributed by atoms with E-state index in [4.69, 9.17) is 5.26 Å². The van der Waals surface area contributed by atoms with Gasteiger partial charge in [-0.1, -0.05) is 48.5 Å². The molecule has 1 heterocycles. The Bertz CT molecular complexity index is 908. The van der Waals surface area contributed by atoms with E-state index in [0.717, 1.165) is 21.7 Å². The van der Waals surface area contributed by atoms with Gasteiger partial charge in [0.2, 0.25) is 0 Å². The van der Waals surface area contributed by atoms with E-state index >= 15 is 0 Å². The van der Waals surface area contributed by atoms with Crippen LogP contribution in [0.5, 0.6) is 0 Å². The van der Waals surface area contributed by atoms with Crippen LogP contribution in [0, 0.1) is 17.2 Å². The standard InChI is InChI=1S/C20H18N2O2/c1-13(23)18(12-21)15-8-6-14(7-9-15)10-17-11-16-4-2-3-5-19(16)22-20(17)24/h2-9,11,13,17-18,23H,10H2,1H3/t13-,17?,18-/m0/s1. The third kappa shape index (κ3) is 3.27. The van der Waals surface area contributed by atoms with Crippen molar-refractivity contribution in [3.63, 3.8) is 0 Å². The van der Waals surface area contributed by atoms with Gasteiger partial charge in [0.05, 0.1) is 29.4 Å². The normalized spacial score (nSPS) is 18.5. The Kier molecular flexibility index (Phi) is 4.54. The molecule has 0 fully saturated rings. The van der Waals surface area contributed by atoms with Gasteiger partial charge in [0.1, 0.15) is 0 Å². The van der Waals surface area contributed by atoms with E-state index in [1.165, 1.54) is 0 Å². The molecule has 1 aliphatic rings. The summed E-state index contributed by atoms with van der Waals surface area (Å²) in [5.41, 5.74) is 1.79. The smallest absolute Gasteiger partial charge is 0.253 e. The first-order valence-corrected chi connectivity index (χ1v) is 7.94. The second-order valence-corrected chi connectivity index (χ2v) is 6.08. The molecular formula is C20H18N2O2. The number of aliphatic hydroxyl groups excluding tert-OH is 1. The predicted octanol–water partition coefficient (Wildman–Crippen LogP) is 1.47. The van der Waals surface area contributed by atoms with E-state index in [9.17, 15) is 9.90 Å². The van der Waals surface area contributed by atoms with Crippen molar-refractivity contribution in [3.8, 4) is 6.07 Å². The summed E-state index contributed by atoms with van der Waals surface area (Å²) >= 11 is 0. The third-order valence-corrected chi connectivity index (χ3v) is 4.28. The Hall–Kier alpha value is -2.77. The van der Waals surface area contributed by atoms with Gasteiger partial charge in [-0.2, -0.15) is 5.26 Å². The van der Waals surface area contributed by atoms with Crippen molar-refractivity contribution < 1.29 is 9.90 Å². The van der Waals surface area contributed by atoms with Crippen molar-refractivity contribution >= 4 is 12.0 Å². The van der Waals surface area contributed by atoms with Crippen LogP contribution in [0.15, 0.2) is 53.5 Å². The van der Waals surface area contributed by atoms with E-state index in [0.29, 0.717) is 6.42 Å². The van der Waals surface area contributed by atoms with Gasteiger partial charge in [-0.25, -0.2) is 4.99 Å². The first kappa shape index (κ1) is 16.1. The molecule has 0 spiro atoms. The van der Waals surface area contributed by atoms with Gasteiger partial charge >= 0.3 is 0 Å². The highest BCUT2D eigenvalue weighted by Gasteiger charge is 2.20. The van der Waals surface area contributed by atoms with Gasteiger partial charge in [-0.15, -0.1) is 0 Å². The Morgan fingerprint density at radius 2 is 1.92 bits per heavy atom. The highest BCUT2D eigenvalue weighted by Crippen LogP contribution is 2.21. The summed E-state index contributed by atoms with van der Waals surface area (Å²) in [6.07, 6.45) is 1.82. The highest BCUT2D eigenvalue weighted by atomic mass is 16.3. The number of fused-ring (bicyclic) bond motifs is 1. The molecular weight excluding hydrogens is 300 g/mol. The lowest BCUT2D eigenvalue weighted by molar-refractivity contribution is -0.120. The van der Waals surface area contributed by atoms with Gasteiger partial charge in [-0.3, -0.25) is 4.79 Å². The zero-order valence-electron chi connectivity index (χ0n) is 13.4. The minimum Gasteiger partial charge on any atom is -0.392 e. The molecule has 4 nitrogen and oxygen atoms in total. The molecule has 24 heavy (non-hydrogen) atoms. The Balaban J connectivity index is 1.81. The molecule has 1 aliphatic heterocycles. The second-order valence-electron chi connectivity index (χ2n) is 6.08. The van der Waals surface area contributed by atoms with Crippen LogP contribution in [0.1, 0.15) is 24.0 Å². The third-order valence-electron chi connectivity index (χ3n) is 4.28. The maximum absolute atomic E-state index is 12.2. The van der Waals surface area contributed by atoms with E-state index in [2.05, 4.69) is 11.1 Å². The van der Waals surface area contributed by atoms with Crippen molar-refractivity contribution in [2.24, 2.45) is 10.9 Å². The zero-order valence-corrected chi connectivity index (χ0v) is 13.4. The Morgan fingerprint density at radius 3 is 2.58 bits per heavy atom. The lowest BCUT2D eigenvalue weighted by atomic mass is 9.91. The first-order chi connectivity index (χ1) is 11.6. The summed E-state index contributed by atoms with van der Waals surface area (Å²) in [5.74, 6) is -0.935. The summed E-state index contributed by atoms with van der Waals surface area (Å²) in [5, 5.41) is 20.5. The number of rotatable bonds is 4. The molecule has 3 rings (SSSR count). The molecule has 0 saturated carbocycles. The van der Waals surface area contributed by atoms with Crippen molar-refractivity contribution in [1.29, 1.82) is 5.26 Å².